The Morgan fingerprint density at radius 2 is 2.36 bits per heavy atom. The van der Waals surface area contributed by atoms with E-state index >= 15 is 0 Å². The number of nitrogens with zero attached hydrogens (tertiary/aromatic N) is 3. The third kappa shape index (κ3) is 3.08. The first-order valence-electron chi connectivity index (χ1n) is 3.09. The van der Waals surface area contributed by atoms with Gasteiger partial charge in [-0.25, -0.2) is 4.99 Å². The van der Waals surface area contributed by atoms with Crippen LogP contribution in [0.15, 0.2) is 9.98 Å². The summed E-state index contributed by atoms with van der Waals surface area (Å²) < 4.78 is 0. The molecular formula is C5H10N4O2. The van der Waals surface area contributed by atoms with Crippen LogP contribution in [0.5, 0.6) is 0 Å². The van der Waals surface area contributed by atoms with Crippen molar-refractivity contribution in [2.75, 3.05) is 6.67 Å². The summed E-state index contributed by atoms with van der Waals surface area (Å²) in [5, 5.41) is 19.1. The highest BCUT2D eigenvalue weighted by molar-refractivity contribution is 5.72. The molecule has 6 heteroatoms. The number of hydrogen-bond donors (Lipinski definition) is 3. The molecular weight excluding hydrogens is 148 g/mol. The van der Waals surface area contributed by atoms with E-state index in [1.165, 1.54) is 24.6 Å². The Morgan fingerprint density at radius 1 is 1.64 bits per heavy atom. The highest BCUT2D eigenvalue weighted by Gasteiger charge is 2.17. The second kappa shape index (κ2) is 2.95. The molecule has 0 saturated heterocycles. The third-order valence-corrected chi connectivity index (χ3v) is 0.944. The van der Waals surface area contributed by atoms with Gasteiger partial charge in [0.2, 0.25) is 5.91 Å². The standard InChI is InChI=1S/C5H10N4O2/c1-5(10,11)8-9-3-6-2-7-4-9/h2-3,8,10-11H,4H2,1H3. The van der Waals surface area contributed by atoms with Gasteiger partial charge in [-0.05, 0) is 0 Å². The van der Waals surface area contributed by atoms with E-state index in [1.54, 1.807) is 0 Å². The molecule has 1 rings (SSSR count). The number of hydrogen-bond acceptors (Lipinski definition) is 6. The molecule has 0 aromatic carbocycles. The molecule has 11 heavy (non-hydrogen) atoms. The minimum atomic E-state index is -1.93. The fourth-order valence-corrected chi connectivity index (χ4v) is 0.655. The van der Waals surface area contributed by atoms with Crippen LogP contribution in [0.3, 0.4) is 0 Å². The van der Waals surface area contributed by atoms with Gasteiger partial charge >= 0.3 is 0 Å². The van der Waals surface area contributed by atoms with E-state index in [0.717, 1.165) is 0 Å². The van der Waals surface area contributed by atoms with Gasteiger partial charge in [-0.3, -0.25) is 10.0 Å². The molecule has 1 heterocycles. The fraction of sp³-hybridized carbons (Fsp3) is 0.600. The number of aliphatic hydroxyl groups is 2. The SMILES string of the molecule is CC(O)(O)NN1C=NC=NC1. The summed E-state index contributed by atoms with van der Waals surface area (Å²) in [4.78, 5) is 7.43. The Kier molecular flexibility index (Phi) is 2.18. The van der Waals surface area contributed by atoms with Crippen molar-refractivity contribution < 1.29 is 10.2 Å². The summed E-state index contributed by atoms with van der Waals surface area (Å²) in [6, 6.07) is 0. The van der Waals surface area contributed by atoms with Crippen LogP contribution in [0.25, 0.3) is 0 Å². The van der Waals surface area contributed by atoms with Gasteiger partial charge in [0.1, 0.15) is 19.3 Å². The maximum atomic E-state index is 8.86. The second-order valence-corrected chi connectivity index (χ2v) is 2.31. The lowest BCUT2D eigenvalue weighted by atomic mass is 10.6. The van der Waals surface area contributed by atoms with Gasteiger partial charge in [-0.1, -0.05) is 0 Å². The van der Waals surface area contributed by atoms with Gasteiger partial charge in [-0.15, -0.1) is 0 Å². The van der Waals surface area contributed by atoms with Crippen LogP contribution >= 0.6 is 0 Å². The maximum absolute atomic E-state index is 8.86. The first-order chi connectivity index (χ1) is 5.08. The van der Waals surface area contributed by atoms with E-state index in [0.29, 0.717) is 6.67 Å². The Hall–Kier alpha value is -0.980. The summed E-state index contributed by atoms with van der Waals surface area (Å²) in [5.74, 6) is -1.93. The molecule has 0 unspecified atom stereocenters. The van der Waals surface area contributed by atoms with Crippen molar-refractivity contribution in [1.82, 2.24) is 10.4 Å². The Bertz CT molecular complexity index is 183. The minimum Gasteiger partial charge on any atom is -0.352 e. The quantitative estimate of drug-likeness (QED) is 0.426. The van der Waals surface area contributed by atoms with Crippen LogP contribution < -0.4 is 5.43 Å². The highest BCUT2D eigenvalue weighted by Crippen LogP contribution is 1.93. The van der Waals surface area contributed by atoms with E-state index in [-0.39, 0.29) is 0 Å². The topological polar surface area (TPSA) is 80.5 Å². The molecule has 0 atom stereocenters. The van der Waals surface area contributed by atoms with Crippen LogP contribution in [0.1, 0.15) is 6.92 Å². The van der Waals surface area contributed by atoms with E-state index in [1.807, 2.05) is 0 Å². The van der Waals surface area contributed by atoms with Gasteiger partial charge < -0.3 is 10.2 Å². The molecule has 1 aliphatic heterocycles. The molecule has 0 aromatic heterocycles. The zero-order valence-electron chi connectivity index (χ0n) is 6.10. The zero-order valence-corrected chi connectivity index (χ0v) is 6.10. The smallest absolute Gasteiger partial charge is 0.236 e. The minimum absolute atomic E-state index is 0.320. The van der Waals surface area contributed by atoms with Crippen molar-refractivity contribution in [3.8, 4) is 0 Å². The average Bonchev–Trinajstić information content (AvgIpc) is 1.85. The molecule has 0 fully saturated rings. The predicted octanol–water partition coefficient (Wildman–Crippen LogP) is -1.52. The molecule has 1 aliphatic rings. The van der Waals surface area contributed by atoms with E-state index < -0.39 is 5.91 Å². The summed E-state index contributed by atoms with van der Waals surface area (Å²) >= 11 is 0. The molecule has 62 valence electrons. The summed E-state index contributed by atoms with van der Waals surface area (Å²) in [7, 11) is 0. The highest BCUT2D eigenvalue weighted by atomic mass is 16.5. The molecule has 0 aliphatic carbocycles. The largest absolute Gasteiger partial charge is 0.352 e. The Labute approximate surface area is 63.9 Å². The fourth-order valence-electron chi connectivity index (χ4n) is 0.655. The van der Waals surface area contributed by atoms with Crippen LogP contribution in [-0.4, -0.2) is 40.5 Å². The van der Waals surface area contributed by atoms with Gasteiger partial charge in [0.25, 0.3) is 0 Å². The van der Waals surface area contributed by atoms with Gasteiger partial charge in [0.15, 0.2) is 0 Å². The molecule has 3 N–H and O–H groups in total. The van der Waals surface area contributed by atoms with Crippen molar-refractivity contribution in [2.24, 2.45) is 9.98 Å². The number of rotatable bonds is 2. The van der Waals surface area contributed by atoms with Crippen molar-refractivity contribution in [3.63, 3.8) is 0 Å². The molecule has 0 aromatic rings. The van der Waals surface area contributed by atoms with E-state index in [9.17, 15) is 0 Å². The molecule has 0 bridgehead atoms. The molecule has 0 radical (unpaired) electrons. The van der Waals surface area contributed by atoms with E-state index in [4.69, 9.17) is 10.2 Å². The number of aliphatic imine (C=N–C) groups is 2. The summed E-state index contributed by atoms with van der Waals surface area (Å²) in [6.45, 7) is 1.53. The van der Waals surface area contributed by atoms with Crippen molar-refractivity contribution in [2.45, 2.75) is 12.8 Å². The molecule has 0 amide bonds. The normalized spacial score (nSPS) is 17.5. The molecule has 0 saturated carbocycles. The number of nitrogens with one attached hydrogen (secondary N) is 1. The van der Waals surface area contributed by atoms with E-state index in [2.05, 4.69) is 15.4 Å². The van der Waals surface area contributed by atoms with Crippen LogP contribution in [0.4, 0.5) is 0 Å². The predicted molar refractivity (Wildman–Crippen MR) is 39.7 cm³/mol. The Morgan fingerprint density at radius 3 is 2.82 bits per heavy atom. The first kappa shape index (κ1) is 8.12. The Balaban J connectivity index is 2.39. The lowest BCUT2D eigenvalue weighted by molar-refractivity contribution is -0.195. The van der Waals surface area contributed by atoms with Gasteiger partial charge in [0.05, 0.1) is 0 Å². The van der Waals surface area contributed by atoms with Gasteiger partial charge in [-0.2, -0.15) is 5.43 Å². The summed E-state index contributed by atoms with van der Waals surface area (Å²) in [5.41, 5.74) is 2.34. The van der Waals surface area contributed by atoms with Crippen molar-refractivity contribution >= 4 is 12.7 Å². The van der Waals surface area contributed by atoms with Crippen molar-refractivity contribution in [1.29, 1.82) is 0 Å². The van der Waals surface area contributed by atoms with Crippen LogP contribution in [0, 0.1) is 0 Å². The lowest BCUT2D eigenvalue weighted by Crippen LogP contribution is -2.52. The zero-order chi connectivity index (χ0) is 8.32. The van der Waals surface area contributed by atoms with Crippen LogP contribution in [-0.2, 0) is 0 Å². The summed E-state index contributed by atoms with van der Waals surface area (Å²) in [6.07, 6.45) is 2.81. The van der Waals surface area contributed by atoms with Crippen LogP contribution in [0.2, 0.25) is 0 Å². The third-order valence-electron chi connectivity index (χ3n) is 0.944. The lowest BCUT2D eigenvalue weighted by Gasteiger charge is -2.26. The molecule has 6 nitrogen and oxygen atoms in total. The average molecular weight is 158 g/mol. The number of hydrazine groups is 1. The van der Waals surface area contributed by atoms with Crippen molar-refractivity contribution in [3.05, 3.63) is 0 Å². The first-order valence-corrected chi connectivity index (χ1v) is 3.09. The van der Waals surface area contributed by atoms with Gasteiger partial charge in [0, 0.05) is 6.92 Å². The molecule has 0 spiro atoms. The second-order valence-electron chi connectivity index (χ2n) is 2.31. The maximum Gasteiger partial charge on any atom is 0.236 e. The monoisotopic (exact) mass is 158 g/mol.